The lowest BCUT2D eigenvalue weighted by Gasteiger charge is -2.09. The van der Waals surface area contributed by atoms with Crippen LogP contribution in [0.3, 0.4) is 0 Å². The molecule has 2 rings (SSSR count). The summed E-state index contributed by atoms with van der Waals surface area (Å²) in [6, 6.07) is 11.7. The number of hydrogen-bond acceptors (Lipinski definition) is 2. The van der Waals surface area contributed by atoms with Crippen LogP contribution in [0.1, 0.15) is 24.6 Å². The van der Waals surface area contributed by atoms with E-state index in [0.717, 1.165) is 32.5 Å². The minimum Gasteiger partial charge on any atom is -0.508 e. The molecule has 0 aliphatic heterocycles. The highest BCUT2D eigenvalue weighted by molar-refractivity contribution is 5.26. The zero-order valence-corrected chi connectivity index (χ0v) is 11.5. The van der Waals surface area contributed by atoms with E-state index in [1.165, 1.54) is 11.3 Å². The molecule has 3 heteroatoms. The molecule has 1 aromatic heterocycles. The molecule has 0 atom stereocenters. The average Bonchev–Trinajstić information content (AvgIpc) is 2.85. The van der Waals surface area contributed by atoms with Crippen LogP contribution in [0.25, 0.3) is 0 Å². The van der Waals surface area contributed by atoms with Gasteiger partial charge in [-0.2, -0.15) is 0 Å². The van der Waals surface area contributed by atoms with Crippen LogP contribution in [0, 0.1) is 0 Å². The van der Waals surface area contributed by atoms with E-state index in [4.69, 9.17) is 0 Å². The van der Waals surface area contributed by atoms with Gasteiger partial charge in [0, 0.05) is 25.0 Å². The summed E-state index contributed by atoms with van der Waals surface area (Å²) in [6.45, 7) is 5.14. The fourth-order valence-corrected chi connectivity index (χ4v) is 2.18. The molecule has 0 amide bonds. The van der Waals surface area contributed by atoms with Crippen molar-refractivity contribution in [3.05, 3.63) is 53.9 Å². The van der Waals surface area contributed by atoms with E-state index in [9.17, 15) is 5.11 Å². The van der Waals surface area contributed by atoms with Crippen molar-refractivity contribution in [3.8, 4) is 5.75 Å². The molecule has 0 fully saturated rings. The van der Waals surface area contributed by atoms with Gasteiger partial charge in [0.25, 0.3) is 0 Å². The highest BCUT2D eigenvalue weighted by atomic mass is 16.3. The zero-order valence-electron chi connectivity index (χ0n) is 11.5. The SMILES string of the molecule is CCCn1cccc1CNCCc1ccc(O)cc1. The Morgan fingerprint density at radius 1 is 1.16 bits per heavy atom. The Hall–Kier alpha value is -1.74. The summed E-state index contributed by atoms with van der Waals surface area (Å²) in [7, 11) is 0. The van der Waals surface area contributed by atoms with Crippen molar-refractivity contribution >= 4 is 0 Å². The Morgan fingerprint density at radius 2 is 1.95 bits per heavy atom. The number of aromatic nitrogens is 1. The molecule has 19 heavy (non-hydrogen) atoms. The topological polar surface area (TPSA) is 37.2 Å². The van der Waals surface area contributed by atoms with E-state index in [1.807, 2.05) is 12.1 Å². The largest absolute Gasteiger partial charge is 0.508 e. The predicted octanol–water partition coefficient (Wildman–Crippen LogP) is 2.94. The first-order valence-electron chi connectivity index (χ1n) is 6.92. The molecule has 0 bridgehead atoms. The van der Waals surface area contributed by atoms with Crippen LogP contribution >= 0.6 is 0 Å². The number of hydrogen-bond donors (Lipinski definition) is 2. The van der Waals surface area contributed by atoms with Crippen molar-refractivity contribution in [1.82, 2.24) is 9.88 Å². The zero-order chi connectivity index (χ0) is 13.5. The monoisotopic (exact) mass is 258 g/mol. The van der Waals surface area contributed by atoms with Gasteiger partial charge in [-0.3, -0.25) is 0 Å². The number of phenolic OH excluding ortho intramolecular Hbond substituents is 1. The fourth-order valence-electron chi connectivity index (χ4n) is 2.18. The Kier molecular flexibility index (Phi) is 5.04. The first kappa shape index (κ1) is 13.7. The van der Waals surface area contributed by atoms with Crippen molar-refractivity contribution < 1.29 is 5.11 Å². The average molecular weight is 258 g/mol. The highest BCUT2D eigenvalue weighted by Gasteiger charge is 1.99. The van der Waals surface area contributed by atoms with Crippen molar-refractivity contribution in [2.24, 2.45) is 0 Å². The molecule has 0 saturated carbocycles. The summed E-state index contributed by atoms with van der Waals surface area (Å²) in [5, 5.41) is 12.7. The molecule has 0 radical (unpaired) electrons. The molecule has 0 spiro atoms. The molecule has 0 aliphatic rings. The molecule has 1 aromatic carbocycles. The van der Waals surface area contributed by atoms with Crippen molar-refractivity contribution in [1.29, 1.82) is 0 Å². The summed E-state index contributed by atoms with van der Waals surface area (Å²) in [5.41, 5.74) is 2.58. The van der Waals surface area contributed by atoms with E-state index in [1.54, 1.807) is 12.1 Å². The summed E-state index contributed by atoms with van der Waals surface area (Å²) >= 11 is 0. The molecular weight excluding hydrogens is 236 g/mol. The maximum Gasteiger partial charge on any atom is 0.115 e. The number of nitrogens with zero attached hydrogens (tertiary/aromatic N) is 1. The Bertz CT molecular complexity index is 488. The van der Waals surface area contributed by atoms with Gasteiger partial charge in [0.05, 0.1) is 0 Å². The quantitative estimate of drug-likeness (QED) is 0.749. The Morgan fingerprint density at radius 3 is 2.68 bits per heavy atom. The van der Waals surface area contributed by atoms with E-state index >= 15 is 0 Å². The first-order chi connectivity index (χ1) is 9.29. The second kappa shape index (κ2) is 7.00. The van der Waals surface area contributed by atoms with Crippen LogP contribution < -0.4 is 5.32 Å². The fraction of sp³-hybridized carbons (Fsp3) is 0.375. The van der Waals surface area contributed by atoms with Gasteiger partial charge in [0.1, 0.15) is 5.75 Å². The molecule has 0 aliphatic carbocycles. The highest BCUT2D eigenvalue weighted by Crippen LogP contribution is 2.09. The molecule has 2 aromatic rings. The van der Waals surface area contributed by atoms with Gasteiger partial charge in [0.15, 0.2) is 0 Å². The number of aryl methyl sites for hydroxylation is 1. The van der Waals surface area contributed by atoms with E-state index in [2.05, 4.69) is 35.1 Å². The maximum absolute atomic E-state index is 9.22. The second-order valence-electron chi connectivity index (χ2n) is 4.79. The summed E-state index contributed by atoms with van der Waals surface area (Å²) in [5.74, 6) is 0.328. The third-order valence-electron chi connectivity index (χ3n) is 3.22. The molecular formula is C16H22N2O. The van der Waals surface area contributed by atoms with E-state index in [-0.39, 0.29) is 0 Å². The molecule has 102 valence electrons. The lowest BCUT2D eigenvalue weighted by molar-refractivity contribution is 0.475. The smallest absolute Gasteiger partial charge is 0.115 e. The van der Waals surface area contributed by atoms with Gasteiger partial charge < -0.3 is 15.0 Å². The number of benzene rings is 1. The number of aromatic hydroxyl groups is 1. The second-order valence-corrected chi connectivity index (χ2v) is 4.79. The number of nitrogens with one attached hydrogen (secondary N) is 1. The maximum atomic E-state index is 9.22. The van der Waals surface area contributed by atoms with Crippen LogP contribution in [0.4, 0.5) is 0 Å². The number of rotatable bonds is 7. The lowest BCUT2D eigenvalue weighted by atomic mass is 10.1. The van der Waals surface area contributed by atoms with Gasteiger partial charge in [-0.05, 0) is 49.2 Å². The Labute approximate surface area is 114 Å². The predicted molar refractivity (Wildman–Crippen MR) is 78.2 cm³/mol. The van der Waals surface area contributed by atoms with Crippen LogP contribution in [0.15, 0.2) is 42.6 Å². The molecule has 2 N–H and O–H groups in total. The Balaban J connectivity index is 1.74. The summed E-state index contributed by atoms with van der Waals surface area (Å²) in [6.07, 6.45) is 4.28. The summed E-state index contributed by atoms with van der Waals surface area (Å²) in [4.78, 5) is 0. The molecule has 0 saturated heterocycles. The van der Waals surface area contributed by atoms with Crippen molar-refractivity contribution in [2.75, 3.05) is 6.54 Å². The molecule has 3 nitrogen and oxygen atoms in total. The normalized spacial score (nSPS) is 10.8. The first-order valence-corrected chi connectivity index (χ1v) is 6.92. The third kappa shape index (κ3) is 4.14. The van der Waals surface area contributed by atoms with Crippen LogP contribution in [-0.4, -0.2) is 16.2 Å². The standard InChI is InChI=1S/C16H22N2O/c1-2-11-18-12-3-4-15(18)13-17-10-9-14-5-7-16(19)8-6-14/h3-8,12,17,19H,2,9-11,13H2,1H3. The minimum absolute atomic E-state index is 0.328. The minimum atomic E-state index is 0.328. The van der Waals surface area contributed by atoms with E-state index < -0.39 is 0 Å². The summed E-state index contributed by atoms with van der Waals surface area (Å²) < 4.78 is 2.30. The van der Waals surface area contributed by atoms with Crippen LogP contribution in [0.5, 0.6) is 5.75 Å². The van der Waals surface area contributed by atoms with Gasteiger partial charge in [-0.1, -0.05) is 19.1 Å². The van der Waals surface area contributed by atoms with Gasteiger partial charge in [0.2, 0.25) is 0 Å². The van der Waals surface area contributed by atoms with Gasteiger partial charge >= 0.3 is 0 Å². The van der Waals surface area contributed by atoms with Gasteiger partial charge in [-0.25, -0.2) is 0 Å². The van der Waals surface area contributed by atoms with Crippen molar-refractivity contribution in [2.45, 2.75) is 32.9 Å². The lowest BCUT2D eigenvalue weighted by Crippen LogP contribution is -2.18. The van der Waals surface area contributed by atoms with Crippen LogP contribution in [0.2, 0.25) is 0 Å². The number of phenols is 1. The van der Waals surface area contributed by atoms with Crippen molar-refractivity contribution in [3.63, 3.8) is 0 Å². The van der Waals surface area contributed by atoms with Crippen LogP contribution in [-0.2, 0) is 19.5 Å². The van der Waals surface area contributed by atoms with Gasteiger partial charge in [-0.15, -0.1) is 0 Å². The molecule has 1 heterocycles. The van der Waals surface area contributed by atoms with E-state index in [0.29, 0.717) is 5.75 Å². The third-order valence-corrected chi connectivity index (χ3v) is 3.22. The molecule has 0 unspecified atom stereocenters.